The maximum Gasteiger partial charge on any atom is 0.407 e. The molecule has 4 rings (SSSR count). The molecule has 0 bridgehead atoms. The van der Waals surface area contributed by atoms with E-state index in [4.69, 9.17) is 4.74 Å². The van der Waals surface area contributed by atoms with Crippen molar-refractivity contribution in [1.29, 1.82) is 0 Å². The molecule has 2 amide bonds. The molecule has 2 atom stereocenters. The second kappa shape index (κ2) is 10.1. The Balaban J connectivity index is 1.37. The molecule has 1 unspecified atom stereocenters. The molecule has 1 aliphatic heterocycles. The SMILES string of the molecule is CCCC(CC(=O)N1CCC[C@H]1C(=O)O)NC(=O)OCC1c2ccccc2-c2ccccc21. The normalized spacial score (nSPS) is 17.8. The fraction of sp³-hybridized carbons (Fsp3) is 0.423. The molecule has 2 aromatic carbocycles. The number of benzene rings is 2. The first-order valence-electron chi connectivity index (χ1n) is 11.6. The molecule has 2 aliphatic rings. The van der Waals surface area contributed by atoms with Gasteiger partial charge in [-0.2, -0.15) is 0 Å². The van der Waals surface area contributed by atoms with E-state index in [-0.39, 0.29) is 24.9 Å². The zero-order chi connectivity index (χ0) is 23.4. The molecule has 0 aromatic heterocycles. The molecular weight excluding hydrogens is 420 g/mol. The van der Waals surface area contributed by atoms with E-state index >= 15 is 0 Å². The summed E-state index contributed by atoms with van der Waals surface area (Å²) in [5.74, 6) is -1.25. The zero-order valence-corrected chi connectivity index (χ0v) is 18.8. The lowest BCUT2D eigenvalue weighted by atomic mass is 9.98. The summed E-state index contributed by atoms with van der Waals surface area (Å²) >= 11 is 0. The van der Waals surface area contributed by atoms with Crippen LogP contribution in [0, 0.1) is 0 Å². The molecule has 0 saturated carbocycles. The summed E-state index contributed by atoms with van der Waals surface area (Å²) in [6.45, 7) is 2.63. The Hall–Kier alpha value is -3.35. The van der Waals surface area contributed by atoms with Crippen LogP contribution in [0.2, 0.25) is 0 Å². The molecule has 0 spiro atoms. The molecule has 2 aromatic rings. The first kappa shape index (κ1) is 22.8. The highest BCUT2D eigenvalue weighted by Crippen LogP contribution is 2.44. The number of hydrogen-bond donors (Lipinski definition) is 2. The van der Waals surface area contributed by atoms with Gasteiger partial charge < -0.3 is 20.1 Å². The van der Waals surface area contributed by atoms with Crippen LogP contribution in [0.5, 0.6) is 0 Å². The van der Waals surface area contributed by atoms with Gasteiger partial charge in [-0.05, 0) is 41.5 Å². The van der Waals surface area contributed by atoms with Crippen LogP contribution in [0.25, 0.3) is 11.1 Å². The number of nitrogens with zero attached hydrogens (tertiary/aromatic N) is 1. The summed E-state index contributed by atoms with van der Waals surface area (Å²) in [6, 6.07) is 15.1. The largest absolute Gasteiger partial charge is 0.480 e. The molecule has 33 heavy (non-hydrogen) atoms. The Kier molecular flexibility index (Phi) is 6.96. The van der Waals surface area contributed by atoms with Crippen molar-refractivity contribution in [3.05, 3.63) is 59.7 Å². The Morgan fingerprint density at radius 1 is 1.09 bits per heavy atom. The van der Waals surface area contributed by atoms with Crippen LogP contribution in [-0.2, 0) is 14.3 Å². The monoisotopic (exact) mass is 450 g/mol. The number of carbonyl (C=O) groups excluding carboxylic acids is 2. The van der Waals surface area contributed by atoms with Gasteiger partial charge in [0.25, 0.3) is 0 Å². The number of carbonyl (C=O) groups is 3. The number of aliphatic carboxylic acids is 1. The van der Waals surface area contributed by atoms with E-state index in [2.05, 4.69) is 29.6 Å². The summed E-state index contributed by atoms with van der Waals surface area (Å²) in [7, 11) is 0. The van der Waals surface area contributed by atoms with Crippen molar-refractivity contribution in [2.24, 2.45) is 0 Å². The number of carboxylic acids is 1. The number of alkyl carbamates (subject to hydrolysis) is 1. The van der Waals surface area contributed by atoms with Gasteiger partial charge in [-0.1, -0.05) is 61.9 Å². The van der Waals surface area contributed by atoms with E-state index in [1.54, 1.807) is 0 Å². The summed E-state index contributed by atoms with van der Waals surface area (Å²) in [6.07, 6.45) is 2.06. The van der Waals surface area contributed by atoms with Gasteiger partial charge in [0, 0.05) is 24.9 Å². The van der Waals surface area contributed by atoms with Crippen molar-refractivity contribution < 1.29 is 24.2 Å². The maximum absolute atomic E-state index is 12.7. The van der Waals surface area contributed by atoms with Crippen LogP contribution in [0.1, 0.15) is 56.1 Å². The smallest absolute Gasteiger partial charge is 0.407 e. The third-order valence-corrected chi connectivity index (χ3v) is 6.58. The lowest BCUT2D eigenvalue weighted by molar-refractivity contribution is -0.148. The van der Waals surface area contributed by atoms with E-state index in [1.807, 2.05) is 31.2 Å². The molecule has 0 radical (unpaired) electrons. The summed E-state index contributed by atoms with van der Waals surface area (Å²) in [5.41, 5.74) is 4.60. The van der Waals surface area contributed by atoms with Crippen molar-refractivity contribution in [3.63, 3.8) is 0 Å². The first-order chi connectivity index (χ1) is 16.0. The van der Waals surface area contributed by atoms with Crippen LogP contribution < -0.4 is 5.32 Å². The van der Waals surface area contributed by atoms with Gasteiger partial charge in [0.1, 0.15) is 12.6 Å². The average molecular weight is 451 g/mol. The van der Waals surface area contributed by atoms with E-state index in [1.165, 1.54) is 4.90 Å². The highest BCUT2D eigenvalue weighted by molar-refractivity contribution is 5.85. The number of ether oxygens (including phenoxy) is 1. The number of rotatable bonds is 8. The second-order valence-electron chi connectivity index (χ2n) is 8.74. The Bertz CT molecular complexity index is 991. The zero-order valence-electron chi connectivity index (χ0n) is 18.8. The van der Waals surface area contributed by atoms with Gasteiger partial charge in [0.2, 0.25) is 5.91 Å². The topological polar surface area (TPSA) is 95.9 Å². The fourth-order valence-corrected chi connectivity index (χ4v) is 5.03. The summed E-state index contributed by atoms with van der Waals surface area (Å²) < 4.78 is 5.61. The van der Waals surface area contributed by atoms with Crippen molar-refractivity contribution >= 4 is 18.0 Å². The Morgan fingerprint density at radius 2 is 1.73 bits per heavy atom. The number of fused-ring (bicyclic) bond motifs is 3. The number of hydrogen-bond acceptors (Lipinski definition) is 4. The Labute approximate surface area is 193 Å². The standard InChI is InChI=1S/C26H30N2O5/c1-2-8-17(15-24(29)28-14-7-13-23(28)25(30)31)27-26(32)33-16-22-20-11-5-3-9-18(20)19-10-4-6-12-21(19)22/h3-6,9-12,17,22-23H,2,7-8,13-16H2,1H3,(H,27,32)(H,30,31)/t17?,23-/m0/s1. The van der Waals surface area contributed by atoms with E-state index < -0.39 is 24.1 Å². The predicted molar refractivity (Wildman–Crippen MR) is 124 cm³/mol. The minimum atomic E-state index is -0.975. The van der Waals surface area contributed by atoms with Crippen molar-refractivity contribution in [3.8, 4) is 11.1 Å². The number of amides is 2. The van der Waals surface area contributed by atoms with Gasteiger partial charge in [-0.3, -0.25) is 4.79 Å². The van der Waals surface area contributed by atoms with Gasteiger partial charge in [-0.15, -0.1) is 0 Å². The molecule has 1 fully saturated rings. The lowest BCUT2D eigenvalue weighted by Crippen LogP contribution is -2.44. The second-order valence-corrected chi connectivity index (χ2v) is 8.74. The number of nitrogens with one attached hydrogen (secondary N) is 1. The van der Waals surface area contributed by atoms with Crippen molar-refractivity contribution in [1.82, 2.24) is 10.2 Å². The van der Waals surface area contributed by atoms with Gasteiger partial charge in [0.05, 0.1) is 0 Å². The van der Waals surface area contributed by atoms with Crippen LogP contribution in [-0.4, -0.2) is 53.2 Å². The number of likely N-dealkylation sites (tertiary alicyclic amines) is 1. The molecule has 7 nitrogen and oxygen atoms in total. The van der Waals surface area contributed by atoms with E-state index in [9.17, 15) is 19.5 Å². The highest BCUT2D eigenvalue weighted by Gasteiger charge is 2.35. The van der Waals surface area contributed by atoms with Gasteiger partial charge >= 0.3 is 12.1 Å². The van der Waals surface area contributed by atoms with Crippen molar-refractivity contribution in [2.75, 3.05) is 13.2 Å². The van der Waals surface area contributed by atoms with E-state index in [0.717, 1.165) is 28.7 Å². The summed E-state index contributed by atoms with van der Waals surface area (Å²) in [5, 5.41) is 12.2. The third-order valence-electron chi connectivity index (χ3n) is 6.58. The quantitative estimate of drug-likeness (QED) is 0.630. The van der Waals surface area contributed by atoms with Gasteiger partial charge in [-0.25, -0.2) is 9.59 Å². The molecule has 1 heterocycles. The minimum absolute atomic E-state index is 0.0321. The molecule has 7 heteroatoms. The summed E-state index contributed by atoms with van der Waals surface area (Å²) in [4.78, 5) is 38.2. The molecule has 1 saturated heterocycles. The van der Waals surface area contributed by atoms with Crippen molar-refractivity contribution in [2.45, 2.75) is 57.0 Å². The molecule has 2 N–H and O–H groups in total. The lowest BCUT2D eigenvalue weighted by Gasteiger charge is -2.25. The predicted octanol–water partition coefficient (Wildman–Crippen LogP) is 4.16. The van der Waals surface area contributed by atoms with E-state index in [0.29, 0.717) is 25.8 Å². The molecular formula is C26H30N2O5. The van der Waals surface area contributed by atoms with Crippen LogP contribution in [0.15, 0.2) is 48.5 Å². The van der Waals surface area contributed by atoms with Crippen LogP contribution in [0.4, 0.5) is 4.79 Å². The van der Waals surface area contributed by atoms with Crippen LogP contribution in [0.3, 0.4) is 0 Å². The van der Waals surface area contributed by atoms with Gasteiger partial charge in [0.15, 0.2) is 0 Å². The highest BCUT2D eigenvalue weighted by atomic mass is 16.5. The number of carboxylic acid groups (broad SMARTS) is 1. The average Bonchev–Trinajstić information content (AvgIpc) is 3.42. The minimum Gasteiger partial charge on any atom is -0.480 e. The third kappa shape index (κ3) is 4.87. The van der Waals surface area contributed by atoms with Crippen LogP contribution >= 0.6 is 0 Å². The first-order valence-corrected chi connectivity index (χ1v) is 11.6. The maximum atomic E-state index is 12.7. The Morgan fingerprint density at radius 3 is 2.33 bits per heavy atom. The fourth-order valence-electron chi connectivity index (χ4n) is 5.03. The molecule has 174 valence electrons. The molecule has 1 aliphatic carbocycles.